The van der Waals surface area contributed by atoms with E-state index in [-0.39, 0.29) is 11.5 Å². The molecule has 104 valence electrons. The highest BCUT2D eigenvalue weighted by Crippen LogP contribution is 2.14. The van der Waals surface area contributed by atoms with Crippen LogP contribution in [0, 0.1) is 10.1 Å². The van der Waals surface area contributed by atoms with Gasteiger partial charge in [-0.25, -0.2) is 4.79 Å². The summed E-state index contributed by atoms with van der Waals surface area (Å²) in [5.74, 6) is 0. The molecule has 1 aromatic carbocycles. The van der Waals surface area contributed by atoms with Crippen molar-refractivity contribution in [3.63, 3.8) is 0 Å². The SMILES string of the molecule is CC(C)(C)OC(=O)Nc1cccc(CC[N+](=O)[O-])c1. The predicted molar refractivity (Wildman–Crippen MR) is 71.9 cm³/mol. The Kier molecular flexibility index (Phi) is 4.86. The van der Waals surface area contributed by atoms with Crippen LogP contribution in [0.2, 0.25) is 0 Å². The molecule has 1 aromatic rings. The number of benzene rings is 1. The second kappa shape index (κ2) is 6.17. The van der Waals surface area contributed by atoms with Crippen molar-refractivity contribution in [2.75, 3.05) is 11.9 Å². The number of nitrogens with zero attached hydrogens (tertiary/aromatic N) is 1. The molecule has 6 heteroatoms. The summed E-state index contributed by atoms with van der Waals surface area (Å²) in [6, 6.07) is 6.93. The number of anilines is 1. The zero-order chi connectivity index (χ0) is 14.5. The van der Waals surface area contributed by atoms with E-state index >= 15 is 0 Å². The summed E-state index contributed by atoms with van der Waals surface area (Å²) in [4.78, 5) is 21.5. The molecule has 0 bridgehead atoms. The van der Waals surface area contributed by atoms with Crippen LogP contribution in [0.3, 0.4) is 0 Å². The number of carbonyl (C=O) groups excluding carboxylic acids is 1. The van der Waals surface area contributed by atoms with E-state index in [4.69, 9.17) is 4.74 Å². The van der Waals surface area contributed by atoms with E-state index in [1.165, 1.54) is 0 Å². The largest absolute Gasteiger partial charge is 0.444 e. The van der Waals surface area contributed by atoms with E-state index in [0.29, 0.717) is 12.1 Å². The van der Waals surface area contributed by atoms with Crippen molar-refractivity contribution in [2.24, 2.45) is 0 Å². The first-order chi connectivity index (χ1) is 8.76. The smallest absolute Gasteiger partial charge is 0.412 e. The molecule has 0 unspecified atom stereocenters. The Morgan fingerprint density at radius 3 is 2.68 bits per heavy atom. The van der Waals surface area contributed by atoms with E-state index < -0.39 is 11.7 Å². The quantitative estimate of drug-likeness (QED) is 0.671. The fourth-order valence-corrected chi connectivity index (χ4v) is 1.45. The van der Waals surface area contributed by atoms with Crippen LogP contribution in [0.4, 0.5) is 10.5 Å². The number of nitrogens with one attached hydrogen (secondary N) is 1. The molecule has 0 heterocycles. The summed E-state index contributed by atoms with van der Waals surface area (Å²) in [7, 11) is 0. The molecule has 0 atom stereocenters. The van der Waals surface area contributed by atoms with E-state index in [0.717, 1.165) is 5.56 Å². The van der Waals surface area contributed by atoms with Gasteiger partial charge in [0.05, 0.1) is 0 Å². The summed E-state index contributed by atoms with van der Waals surface area (Å²) in [5, 5.41) is 12.9. The Morgan fingerprint density at radius 2 is 2.11 bits per heavy atom. The minimum Gasteiger partial charge on any atom is -0.444 e. The molecule has 0 fully saturated rings. The first-order valence-corrected chi connectivity index (χ1v) is 5.97. The lowest BCUT2D eigenvalue weighted by atomic mass is 10.1. The van der Waals surface area contributed by atoms with E-state index in [9.17, 15) is 14.9 Å². The van der Waals surface area contributed by atoms with Crippen molar-refractivity contribution in [2.45, 2.75) is 32.8 Å². The van der Waals surface area contributed by atoms with Gasteiger partial charge in [0, 0.05) is 17.0 Å². The molecule has 0 saturated carbocycles. The molecule has 0 aliphatic rings. The van der Waals surface area contributed by atoms with Gasteiger partial charge in [-0.15, -0.1) is 0 Å². The zero-order valence-electron chi connectivity index (χ0n) is 11.3. The van der Waals surface area contributed by atoms with Crippen LogP contribution in [0.15, 0.2) is 24.3 Å². The summed E-state index contributed by atoms with van der Waals surface area (Å²) < 4.78 is 5.12. The van der Waals surface area contributed by atoms with Gasteiger partial charge >= 0.3 is 6.09 Å². The summed E-state index contributed by atoms with van der Waals surface area (Å²) in [5.41, 5.74) is 0.799. The lowest BCUT2D eigenvalue weighted by molar-refractivity contribution is -0.479. The fraction of sp³-hybridized carbons (Fsp3) is 0.462. The second-order valence-electron chi connectivity index (χ2n) is 5.13. The normalized spacial score (nSPS) is 10.9. The van der Waals surface area contributed by atoms with Crippen molar-refractivity contribution in [3.8, 4) is 0 Å². The highest BCUT2D eigenvalue weighted by Gasteiger charge is 2.16. The van der Waals surface area contributed by atoms with Crippen molar-refractivity contribution in [3.05, 3.63) is 39.9 Å². The first kappa shape index (κ1) is 14.9. The van der Waals surface area contributed by atoms with Gasteiger partial charge in [0.15, 0.2) is 0 Å². The Labute approximate surface area is 111 Å². The van der Waals surface area contributed by atoms with Crippen LogP contribution in [-0.2, 0) is 11.2 Å². The molecular formula is C13H18N2O4. The maximum atomic E-state index is 11.6. The van der Waals surface area contributed by atoms with Gasteiger partial charge in [-0.05, 0) is 38.5 Å². The van der Waals surface area contributed by atoms with E-state index in [1.807, 2.05) is 0 Å². The minimum atomic E-state index is -0.562. The molecule has 0 aromatic heterocycles. The molecule has 1 N–H and O–H groups in total. The van der Waals surface area contributed by atoms with Crippen molar-refractivity contribution >= 4 is 11.8 Å². The van der Waals surface area contributed by atoms with Crippen molar-refractivity contribution < 1.29 is 14.5 Å². The van der Waals surface area contributed by atoms with Gasteiger partial charge in [0.25, 0.3) is 0 Å². The molecule has 0 radical (unpaired) electrons. The highest BCUT2D eigenvalue weighted by molar-refractivity contribution is 5.84. The monoisotopic (exact) mass is 266 g/mol. The van der Waals surface area contributed by atoms with Gasteiger partial charge in [0.1, 0.15) is 5.60 Å². The average Bonchev–Trinajstić information content (AvgIpc) is 2.24. The standard InChI is InChI=1S/C13H18N2O4/c1-13(2,3)19-12(16)14-11-6-4-5-10(9-11)7-8-15(17)18/h4-6,9H,7-8H2,1-3H3,(H,14,16). The van der Waals surface area contributed by atoms with Gasteiger partial charge in [-0.2, -0.15) is 0 Å². The Balaban J connectivity index is 2.61. The molecule has 0 saturated heterocycles. The van der Waals surface area contributed by atoms with Gasteiger partial charge in [0.2, 0.25) is 6.54 Å². The second-order valence-corrected chi connectivity index (χ2v) is 5.13. The molecule has 1 amide bonds. The molecule has 0 aliphatic heterocycles. The van der Waals surface area contributed by atoms with Gasteiger partial charge in [-0.1, -0.05) is 12.1 Å². The number of hydrogen-bond acceptors (Lipinski definition) is 4. The number of hydrogen-bond donors (Lipinski definition) is 1. The average molecular weight is 266 g/mol. The van der Waals surface area contributed by atoms with Gasteiger partial charge < -0.3 is 4.74 Å². The molecule has 0 aliphatic carbocycles. The summed E-state index contributed by atoms with van der Waals surface area (Å²) in [6.45, 7) is 5.20. The molecule has 0 spiro atoms. The Morgan fingerprint density at radius 1 is 1.42 bits per heavy atom. The Bertz CT molecular complexity index is 466. The molecule has 1 rings (SSSR count). The number of nitro groups is 1. The third kappa shape index (κ3) is 6.40. The third-order valence-corrected chi connectivity index (χ3v) is 2.16. The molecule has 19 heavy (non-hydrogen) atoms. The van der Waals surface area contributed by atoms with Gasteiger partial charge in [-0.3, -0.25) is 15.4 Å². The predicted octanol–water partition coefficient (Wildman–Crippen LogP) is 2.85. The fourth-order valence-electron chi connectivity index (χ4n) is 1.45. The van der Waals surface area contributed by atoms with Crippen LogP contribution in [0.5, 0.6) is 0 Å². The number of amides is 1. The first-order valence-electron chi connectivity index (χ1n) is 5.97. The summed E-state index contributed by atoms with van der Waals surface area (Å²) >= 11 is 0. The number of carbonyl (C=O) groups is 1. The third-order valence-electron chi connectivity index (χ3n) is 2.16. The maximum absolute atomic E-state index is 11.6. The Hall–Kier alpha value is -2.11. The number of rotatable bonds is 4. The lowest BCUT2D eigenvalue weighted by Crippen LogP contribution is -2.27. The van der Waals surface area contributed by atoms with Crippen molar-refractivity contribution in [1.82, 2.24) is 0 Å². The maximum Gasteiger partial charge on any atom is 0.412 e. The minimum absolute atomic E-state index is 0.129. The van der Waals surface area contributed by atoms with Crippen molar-refractivity contribution in [1.29, 1.82) is 0 Å². The van der Waals surface area contributed by atoms with Crippen LogP contribution < -0.4 is 5.32 Å². The number of ether oxygens (including phenoxy) is 1. The van der Waals surface area contributed by atoms with E-state index in [1.54, 1.807) is 45.0 Å². The topological polar surface area (TPSA) is 81.5 Å². The van der Waals surface area contributed by atoms with Crippen LogP contribution >= 0.6 is 0 Å². The van der Waals surface area contributed by atoms with Crippen LogP contribution in [0.1, 0.15) is 26.3 Å². The highest BCUT2D eigenvalue weighted by atomic mass is 16.6. The zero-order valence-corrected chi connectivity index (χ0v) is 11.3. The van der Waals surface area contributed by atoms with Crippen LogP contribution in [-0.4, -0.2) is 23.2 Å². The summed E-state index contributed by atoms with van der Waals surface area (Å²) in [6.07, 6.45) is -0.212. The molecular weight excluding hydrogens is 248 g/mol. The lowest BCUT2D eigenvalue weighted by Gasteiger charge is -2.19. The molecule has 6 nitrogen and oxygen atoms in total. The van der Waals surface area contributed by atoms with Crippen LogP contribution in [0.25, 0.3) is 0 Å². The van der Waals surface area contributed by atoms with E-state index in [2.05, 4.69) is 5.32 Å².